The number of hydrogen-bond acceptors (Lipinski definition) is 7. The van der Waals surface area contributed by atoms with Gasteiger partial charge in [-0.2, -0.15) is 4.31 Å². The minimum absolute atomic E-state index is 0.155. The molecule has 0 atom stereocenters. The smallest absolute Gasteiger partial charge is 0.246 e. The summed E-state index contributed by atoms with van der Waals surface area (Å²) in [6, 6.07) is 13.3. The number of thiazole rings is 1. The Balaban J connectivity index is 1.44. The van der Waals surface area contributed by atoms with Crippen LogP contribution in [0.5, 0.6) is 11.5 Å². The maximum Gasteiger partial charge on any atom is 0.246 e. The summed E-state index contributed by atoms with van der Waals surface area (Å²) in [5.41, 5.74) is 3.39. The second kappa shape index (κ2) is 10.1. The summed E-state index contributed by atoms with van der Waals surface area (Å²) < 4.78 is 38.5. The van der Waals surface area contributed by atoms with Crippen LogP contribution in [0.3, 0.4) is 0 Å². The maximum atomic E-state index is 13.2. The SMILES string of the molecule is CCCc1ccc(-c2csc(N3CCN(S(=O)(=O)c4ccc(OC)cc4OC)CC3)n2)cc1. The molecule has 2 heterocycles. The maximum absolute atomic E-state index is 13.2. The molecule has 0 aliphatic carbocycles. The molecule has 7 nitrogen and oxygen atoms in total. The van der Waals surface area contributed by atoms with Crippen molar-refractivity contribution < 1.29 is 17.9 Å². The Morgan fingerprint density at radius 1 is 1.00 bits per heavy atom. The van der Waals surface area contributed by atoms with Crippen molar-refractivity contribution in [3.8, 4) is 22.8 Å². The molecule has 0 unspecified atom stereocenters. The average Bonchev–Trinajstić information content (AvgIpc) is 3.34. The van der Waals surface area contributed by atoms with Gasteiger partial charge in [0, 0.05) is 43.2 Å². The van der Waals surface area contributed by atoms with Crippen molar-refractivity contribution in [3.05, 3.63) is 53.4 Å². The molecule has 176 valence electrons. The molecule has 0 bridgehead atoms. The highest BCUT2D eigenvalue weighted by Crippen LogP contribution is 2.32. The van der Waals surface area contributed by atoms with Crippen LogP contribution in [0, 0.1) is 0 Å². The van der Waals surface area contributed by atoms with E-state index in [-0.39, 0.29) is 10.6 Å². The molecule has 9 heteroatoms. The van der Waals surface area contributed by atoms with E-state index in [9.17, 15) is 8.42 Å². The minimum atomic E-state index is -3.67. The summed E-state index contributed by atoms with van der Waals surface area (Å²) in [5, 5.41) is 2.98. The zero-order valence-corrected chi connectivity index (χ0v) is 20.8. The summed E-state index contributed by atoms with van der Waals surface area (Å²) in [4.78, 5) is 7.12. The quantitative estimate of drug-likeness (QED) is 0.472. The van der Waals surface area contributed by atoms with E-state index < -0.39 is 10.0 Å². The second-order valence-electron chi connectivity index (χ2n) is 7.87. The van der Waals surface area contributed by atoms with Gasteiger partial charge in [0.25, 0.3) is 0 Å². The minimum Gasteiger partial charge on any atom is -0.497 e. The molecular weight excluding hydrogens is 458 g/mol. The fraction of sp³-hybridized carbons (Fsp3) is 0.375. The van der Waals surface area contributed by atoms with E-state index in [1.807, 2.05) is 0 Å². The van der Waals surface area contributed by atoms with Gasteiger partial charge >= 0.3 is 0 Å². The number of aryl methyl sites for hydroxylation is 1. The van der Waals surface area contributed by atoms with Crippen molar-refractivity contribution in [1.29, 1.82) is 0 Å². The van der Waals surface area contributed by atoms with Crippen LogP contribution in [0.4, 0.5) is 5.13 Å². The van der Waals surface area contributed by atoms with Gasteiger partial charge in [0.15, 0.2) is 5.13 Å². The monoisotopic (exact) mass is 487 g/mol. The first-order valence-corrected chi connectivity index (χ1v) is 13.3. The van der Waals surface area contributed by atoms with Gasteiger partial charge in [0.2, 0.25) is 10.0 Å². The molecule has 33 heavy (non-hydrogen) atoms. The Morgan fingerprint density at radius 3 is 2.36 bits per heavy atom. The van der Waals surface area contributed by atoms with Gasteiger partial charge in [0.05, 0.1) is 19.9 Å². The number of benzene rings is 2. The summed E-state index contributed by atoms with van der Waals surface area (Å²) in [6.45, 7) is 4.12. The van der Waals surface area contributed by atoms with Crippen molar-refractivity contribution >= 4 is 26.5 Å². The van der Waals surface area contributed by atoms with Gasteiger partial charge in [-0.25, -0.2) is 13.4 Å². The van der Waals surface area contributed by atoms with Crippen LogP contribution in [0.1, 0.15) is 18.9 Å². The van der Waals surface area contributed by atoms with Gasteiger partial charge in [-0.15, -0.1) is 11.3 Å². The lowest BCUT2D eigenvalue weighted by molar-refractivity contribution is 0.370. The summed E-state index contributed by atoms with van der Waals surface area (Å²) in [6.07, 6.45) is 2.21. The zero-order valence-electron chi connectivity index (χ0n) is 19.2. The predicted molar refractivity (Wildman–Crippen MR) is 132 cm³/mol. The highest BCUT2D eigenvalue weighted by atomic mass is 32.2. The molecule has 1 aliphatic rings. The fourth-order valence-corrected chi connectivity index (χ4v) is 6.37. The average molecular weight is 488 g/mol. The van der Waals surface area contributed by atoms with Crippen molar-refractivity contribution in [3.63, 3.8) is 0 Å². The lowest BCUT2D eigenvalue weighted by atomic mass is 10.1. The lowest BCUT2D eigenvalue weighted by Crippen LogP contribution is -2.48. The van der Waals surface area contributed by atoms with Crippen LogP contribution in [0.15, 0.2) is 52.7 Å². The largest absolute Gasteiger partial charge is 0.497 e. The zero-order chi connectivity index (χ0) is 23.4. The predicted octanol–water partition coefficient (Wildman–Crippen LogP) is 4.29. The molecule has 1 aromatic heterocycles. The number of hydrogen-bond donors (Lipinski definition) is 0. The summed E-state index contributed by atoms with van der Waals surface area (Å²) in [5.74, 6) is 0.835. The van der Waals surface area contributed by atoms with E-state index in [1.54, 1.807) is 23.5 Å². The highest BCUT2D eigenvalue weighted by molar-refractivity contribution is 7.89. The molecule has 4 rings (SSSR count). The van der Waals surface area contributed by atoms with E-state index in [1.165, 1.54) is 30.2 Å². The van der Waals surface area contributed by atoms with Crippen LogP contribution in [0.25, 0.3) is 11.3 Å². The third kappa shape index (κ3) is 5.00. The third-order valence-corrected chi connectivity index (χ3v) is 8.62. The molecule has 3 aromatic rings. The topological polar surface area (TPSA) is 72.0 Å². The number of sulfonamides is 1. The number of nitrogens with zero attached hydrogens (tertiary/aromatic N) is 3. The lowest BCUT2D eigenvalue weighted by Gasteiger charge is -2.34. The van der Waals surface area contributed by atoms with Crippen molar-refractivity contribution in [2.24, 2.45) is 0 Å². The van der Waals surface area contributed by atoms with Crippen LogP contribution in [-0.4, -0.2) is 58.1 Å². The Morgan fingerprint density at radius 2 is 1.73 bits per heavy atom. The first kappa shape index (κ1) is 23.5. The van der Waals surface area contributed by atoms with E-state index in [4.69, 9.17) is 14.5 Å². The number of ether oxygens (including phenoxy) is 2. The van der Waals surface area contributed by atoms with Crippen molar-refractivity contribution in [1.82, 2.24) is 9.29 Å². The molecule has 1 saturated heterocycles. The van der Waals surface area contributed by atoms with E-state index in [2.05, 4.69) is 41.5 Å². The van der Waals surface area contributed by atoms with E-state index >= 15 is 0 Å². The van der Waals surface area contributed by atoms with Crippen LogP contribution >= 0.6 is 11.3 Å². The Bertz CT molecular complexity index is 1180. The van der Waals surface area contributed by atoms with Gasteiger partial charge < -0.3 is 14.4 Å². The van der Waals surface area contributed by atoms with Crippen molar-refractivity contribution in [2.45, 2.75) is 24.7 Å². The number of piperazine rings is 1. The molecule has 0 radical (unpaired) electrons. The Labute approximate surface area is 199 Å². The molecule has 0 N–H and O–H groups in total. The first-order chi connectivity index (χ1) is 16.0. The standard InChI is InChI=1S/C24H29N3O4S2/c1-4-5-18-6-8-19(9-7-18)21-17-32-24(25-21)26-12-14-27(15-13-26)33(28,29)23-11-10-20(30-2)16-22(23)31-3/h6-11,16-17H,4-5,12-15H2,1-3H3. The number of methoxy groups -OCH3 is 2. The number of aromatic nitrogens is 1. The molecule has 0 amide bonds. The van der Waals surface area contributed by atoms with Gasteiger partial charge in [-0.3, -0.25) is 0 Å². The molecule has 0 saturated carbocycles. The van der Waals surface area contributed by atoms with Crippen LogP contribution < -0.4 is 14.4 Å². The highest BCUT2D eigenvalue weighted by Gasteiger charge is 2.31. The third-order valence-electron chi connectivity index (χ3n) is 5.78. The molecule has 0 spiro atoms. The Hall–Kier alpha value is -2.62. The summed E-state index contributed by atoms with van der Waals surface area (Å²) in [7, 11) is -0.676. The fourth-order valence-electron chi connectivity index (χ4n) is 3.92. The van der Waals surface area contributed by atoms with E-state index in [0.717, 1.165) is 29.2 Å². The van der Waals surface area contributed by atoms with Crippen LogP contribution in [-0.2, 0) is 16.4 Å². The van der Waals surface area contributed by atoms with Gasteiger partial charge in [-0.05, 0) is 24.1 Å². The van der Waals surface area contributed by atoms with Crippen LogP contribution in [0.2, 0.25) is 0 Å². The molecular formula is C24H29N3O4S2. The molecule has 1 fully saturated rings. The van der Waals surface area contributed by atoms with Gasteiger partial charge in [0.1, 0.15) is 16.4 Å². The Kier molecular flexibility index (Phi) is 7.21. The molecule has 1 aliphatic heterocycles. The number of anilines is 1. The first-order valence-electron chi connectivity index (χ1n) is 11.0. The summed E-state index contributed by atoms with van der Waals surface area (Å²) >= 11 is 1.59. The van der Waals surface area contributed by atoms with E-state index in [0.29, 0.717) is 31.9 Å². The van der Waals surface area contributed by atoms with Crippen molar-refractivity contribution in [2.75, 3.05) is 45.3 Å². The normalized spacial score (nSPS) is 14.9. The second-order valence-corrected chi connectivity index (χ2v) is 10.6. The van der Waals surface area contributed by atoms with Gasteiger partial charge in [-0.1, -0.05) is 37.6 Å². The number of rotatable bonds is 8. The molecule has 2 aromatic carbocycles.